The van der Waals surface area contributed by atoms with Gasteiger partial charge in [-0.1, -0.05) is 25.1 Å². The third-order valence-electron chi connectivity index (χ3n) is 5.43. The highest BCUT2D eigenvalue weighted by molar-refractivity contribution is 7.11. The van der Waals surface area contributed by atoms with Gasteiger partial charge in [-0.2, -0.15) is 0 Å². The third kappa shape index (κ3) is 6.44. The first kappa shape index (κ1) is 21.6. The van der Waals surface area contributed by atoms with Gasteiger partial charge in [0.2, 0.25) is 0 Å². The minimum atomic E-state index is 0.470. The number of hydrogen-bond donors (Lipinski definition) is 2. The molecule has 1 aromatic carbocycles. The molecule has 0 radical (unpaired) electrons. The number of anilines is 1. The van der Waals surface area contributed by atoms with Gasteiger partial charge >= 0.3 is 0 Å². The van der Waals surface area contributed by atoms with Crippen molar-refractivity contribution < 1.29 is 0 Å². The summed E-state index contributed by atoms with van der Waals surface area (Å²) in [5.74, 6) is 0.868. The molecular weight excluding hydrogens is 380 g/mol. The summed E-state index contributed by atoms with van der Waals surface area (Å²) in [6.07, 6.45) is 3.99. The molecule has 158 valence electrons. The number of aliphatic imine (C=N–C) groups is 1. The zero-order valence-corrected chi connectivity index (χ0v) is 18.7. The number of piperazine rings is 1. The third-order valence-corrected chi connectivity index (χ3v) is 6.63. The maximum atomic E-state index is 4.48. The van der Waals surface area contributed by atoms with Crippen LogP contribution in [0.5, 0.6) is 0 Å². The smallest absolute Gasteiger partial charge is 0.191 e. The van der Waals surface area contributed by atoms with E-state index in [1.54, 1.807) is 11.3 Å². The van der Waals surface area contributed by atoms with Crippen LogP contribution < -0.4 is 15.5 Å². The van der Waals surface area contributed by atoms with Gasteiger partial charge in [0.15, 0.2) is 5.96 Å². The van der Waals surface area contributed by atoms with Crippen LogP contribution in [0.2, 0.25) is 0 Å². The molecule has 2 heterocycles. The molecule has 0 saturated carbocycles. The molecule has 3 rings (SSSR count). The van der Waals surface area contributed by atoms with Crippen LogP contribution in [0.15, 0.2) is 41.5 Å². The van der Waals surface area contributed by atoms with Crippen molar-refractivity contribution >= 4 is 23.0 Å². The summed E-state index contributed by atoms with van der Waals surface area (Å²) in [4.78, 5) is 15.2. The summed E-state index contributed by atoms with van der Waals surface area (Å²) in [6.45, 7) is 10.5. The summed E-state index contributed by atoms with van der Waals surface area (Å²) in [5.41, 5.74) is 1.33. The molecule has 1 aliphatic rings. The molecule has 1 fully saturated rings. The molecular formula is C22H34N6S. The van der Waals surface area contributed by atoms with Crippen LogP contribution in [0, 0.1) is 0 Å². The lowest BCUT2D eigenvalue weighted by molar-refractivity contribution is 0.197. The number of hydrogen-bond acceptors (Lipinski definition) is 5. The molecule has 1 saturated heterocycles. The van der Waals surface area contributed by atoms with Crippen molar-refractivity contribution in [3.63, 3.8) is 0 Å². The molecule has 2 N–H and O–H groups in total. The zero-order valence-electron chi connectivity index (χ0n) is 17.9. The Hall–Kier alpha value is -2.12. The van der Waals surface area contributed by atoms with Crippen molar-refractivity contribution in [1.29, 1.82) is 0 Å². The second kappa shape index (κ2) is 11.2. The Morgan fingerprint density at radius 1 is 1.17 bits per heavy atom. The van der Waals surface area contributed by atoms with Gasteiger partial charge in [-0.25, -0.2) is 4.98 Å². The van der Waals surface area contributed by atoms with Crippen molar-refractivity contribution in [1.82, 2.24) is 20.5 Å². The van der Waals surface area contributed by atoms with E-state index in [4.69, 9.17) is 0 Å². The highest BCUT2D eigenvalue weighted by Crippen LogP contribution is 2.16. The molecule has 0 amide bonds. The summed E-state index contributed by atoms with van der Waals surface area (Å²) in [7, 11) is 1.83. The highest BCUT2D eigenvalue weighted by atomic mass is 32.1. The fourth-order valence-electron chi connectivity index (χ4n) is 3.57. The first-order chi connectivity index (χ1) is 14.2. The lowest BCUT2D eigenvalue weighted by Gasteiger charge is -2.39. The zero-order chi connectivity index (χ0) is 20.5. The Labute approximate surface area is 179 Å². The van der Waals surface area contributed by atoms with Crippen LogP contribution in [0.1, 0.15) is 23.7 Å². The number of benzene rings is 1. The number of thiazole rings is 1. The van der Waals surface area contributed by atoms with Crippen molar-refractivity contribution in [2.45, 2.75) is 32.7 Å². The summed E-state index contributed by atoms with van der Waals surface area (Å²) in [6, 6.07) is 11.2. The predicted molar refractivity (Wildman–Crippen MR) is 124 cm³/mol. The molecule has 2 aromatic rings. The number of para-hydroxylation sites is 1. The van der Waals surface area contributed by atoms with Crippen LogP contribution in [0.4, 0.5) is 5.69 Å². The first-order valence-electron chi connectivity index (χ1n) is 10.6. The predicted octanol–water partition coefficient (Wildman–Crippen LogP) is 2.62. The van der Waals surface area contributed by atoms with E-state index in [0.717, 1.165) is 58.1 Å². The topological polar surface area (TPSA) is 55.8 Å². The number of aromatic nitrogens is 1. The Bertz CT molecular complexity index is 752. The van der Waals surface area contributed by atoms with Crippen LogP contribution in [-0.4, -0.2) is 68.2 Å². The van der Waals surface area contributed by atoms with Crippen molar-refractivity contribution in [2.24, 2.45) is 4.99 Å². The van der Waals surface area contributed by atoms with Crippen molar-refractivity contribution in [2.75, 3.05) is 51.2 Å². The van der Waals surface area contributed by atoms with E-state index < -0.39 is 0 Å². The maximum Gasteiger partial charge on any atom is 0.191 e. The fourth-order valence-corrected chi connectivity index (χ4v) is 4.43. The van der Waals surface area contributed by atoms with E-state index >= 15 is 0 Å². The average Bonchev–Trinajstić information content (AvgIpc) is 3.24. The normalized spacial score (nSPS) is 16.7. The Morgan fingerprint density at radius 2 is 1.93 bits per heavy atom. The average molecular weight is 415 g/mol. The van der Waals surface area contributed by atoms with E-state index in [9.17, 15) is 0 Å². The van der Waals surface area contributed by atoms with Gasteiger partial charge in [-0.3, -0.25) is 9.89 Å². The van der Waals surface area contributed by atoms with Gasteiger partial charge in [-0.15, -0.1) is 11.3 Å². The van der Waals surface area contributed by atoms with Crippen molar-refractivity contribution in [3.8, 4) is 0 Å². The van der Waals surface area contributed by atoms with E-state index in [2.05, 4.69) is 74.6 Å². The summed E-state index contributed by atoms with van der Waals surface area (Å²) < 4.78 is 0. The molecule has 1 atom stereocenters. The van der Waals surface area contributed by atoms with Crippen LogP contribution in [-0.2, 0) is 12.8 Å². The van der Waals surface area contributed by atoms with Crippen LogP contribution in [0.3, 0.4) is 0 Å². The number of guanidine groups is 1. The minimum Gasteiger partial charge on any atom is -0.369 e. The van der Waals surface area contributed by atoms with Crippen LogP contribution >= 0.6 is 11.3 Å². The molecule has 6 nitrogen and oxygen atoms in total. The lowest BCUT2D eigenvalue weighted by atomic mass is 10.2. The number of nitrogens with zero attached hydrogens (tertiary/aromatic N) is 4. The van der Waals surface area contributed by atoms with Gasteiger partial charge in [0.1, 0.15) is 0 Å². The summed E-state index contributed by atoms with van der Waals surface area (Å²) >= 11 is 1.81. The van der Waals surface area contributed by atoms with Crippen LogP contribution in [0.25, 0.3) is 0 Å². The van der Waals surface area contributed by atoms with Gasteiger partial charge in [-0.05, 0) is 25.5 Å². The molecule has 1 aromatic heterocycles. The lowest BCUT2D eigenvalue weighted by Crippen LogP contribution is -2.53. The number of aryl methyl sites for hydroxylation is 1. The van der Waals surface area contributed by atoms with E-state index in [0.29, 0.717) is 6.04 Å². The minimum absolute atomic E-state index is 0.470. The largest absolute Gasteiger partial charge is 0.369 e. The molecule has 29 heavy (non-hydrogen) atoms. The Balaban J connectivity index is 1.36. The molecule has 1 unspecified atom stereocenters. The van der Waals surface area contributed by atoms with Gasteiger partial charge in [0, 0.05) is 75.5 Å². The molecule has 1 aliphatic heterocycles. The number of nitrogens with one attached hydrogen (secondary N) is 2. The molecule has 0 bridgehead atoms. The van der Waals surface area contributed by atoms with Crippen molar-refractivity contribution in [3.05, 3.63) is 46.4 Å². The van der Waals surface area contributed by atoms with Gasteiger partial charge < -0.3 is 15.5 Å². The van der Waals surface area contributed by atoms with E-state index in [1.165, 1.54) is 15.6 Å². The second-order valence-electron chi connectivity index (χ2n) is 7.41. The maximum absolute atomic E-state index is 4.48. The fraction of sp³-hybridized carbons (Fsp3) is 0.545. The second-order valence-corrected chi connectivity index (χ2v) is 8.61. The van der Waals surface area contributed by atoms with E-state index in [-0.39, 0.29) is 0 Å². The molecule has 0 spiro atoms. The Morgan fingerprint density at radius 3 is 2.59 bits per heavy atom. The van der Waals surface area contributed by atoms with E-state index in [1.807, 2.05) is 13.2 Å². The molecule has 7 heteroatoms. The monoisotopic (exact) mass is 414 g/mol. The Kier molecular flexibility index (Phi) is 8.31. The molecule has 0 aliphatic carbocycles. The highest BCUT2D eigenvalue weighted by Gasteiger charge is 2.21. The standard InChI is InChI=1S/C22H34N6S/c1-4-20-17-25-21(29-20)10-11-24-22(23-3)26-16-18(2)27-12-14-28(15-13-27)19-8-6-5-7-9-19/h5-9,17-18H,4,10-16H2,1-3H3,(H2,23,24,26). The summed E-state index contributed by atoms with van der Waals surface area (Å²) in [5, 5.41) is 8.08. The van der Waals surface area contributed by atoms with Gasteiger partial charge in [0.25, 0.3) is 0 Å². The quantitative estimate of drug-likeness (QED) is 0.514. The SMILES string of the molecule is CCc1cnc(CCNC(=NC)NCC(C)N2CCN(c3ccccc3)CC2)s1. The first-order valence-corrected chi connectivity index (χ1v) is 11.4. The number of rotatable bonds is 8. The van der Waals surface area contributed by atoms with Gasteiger partial charge in [0.05, 0.1) is 5.01 Å².